The van der Waals surface area contributed by atoms with Gasteiger partial charge in [-0.25, -0.2) is 0 Å². The molecule has 0 atom stereocenters. The number of hydrogen-bond acceptors (Lipinski definition) is 3. The minimum Gasteiger partial charge on any atom is -0.486 e. The van der Waals surface area contributed by atoms with Crippen LogP contribution in [0, 0.1) is 0 Å². The lowest BCUT2D eigenvalue weighted by Crippen LogP contribution is -2.43. The van der Waals surface area contributed by atoms with Crippen LogP contribution in [0.1, 0.15) is 33.3 Å². The van der Waals surface area contributed by atoms with Gasteiger partial charge in [0.25, 0.3) is 0 Å². The van der Waals surface area contributed by atoms with E-state index in [1.165, 1.54) is 0 Å². The van der Waals surface area contributed by atoms with E-state index >= 15 is 0 Å². The summed E-state index contributed by atoms with van der Waals surface area (Å²) in [6.45, 7) is 8.86. The summed E-state index contributed by atoms with van der Waals surface area (Å²) in [5.74, 6) is 1.48. The van der Waals surface area contributed by atoms with Gasteiger partial charge in [0.2, 0.25) is 5.91 Å². The zero-order valence-electron chi connectivity index (χ0n) is 11.9. The van der Waals surface area contributed by atoms with Crippen LogP contribution in [0.15, 0.2) is 18.2 Å². The lowest BCUT2D eigenvalue weighted by Gasteiger charge is -2.27. The Morgan fingerprint density at radius 3 is 2.47 bits per heavy atom. The highest BCUT2D eigenvalue weighted by atomic mass is 16.6. The van der Waals surface area contributed by atoms with Crippen molar-refractivity contribution >= 4 is 5.91 Å². The number of rotatable bonds is 3. The molecular weight excluding hydrogens is 242 g/mol. The molecule has 0 unspecified atom stereocenters. The number of hydrogen-bond donors (Lipinski definition) is 1. The molecule has 1 heterocycles. The molecule has 104 valence electrons. The van der Waals surface area contributed by atoms with Crippen molar-refractivity contribution in [2.45, 2.75) is 39.2 Å². The van der Waals surface area contributed by atoms with Gasteiger partial charge in [0, 0.05) is 6.04 Å². The van der Waals surface area contributed by atoms with Gasteiger partial charge in [0.1, 0.15) is 13.2 Å². The molecule has 1 aromatic carbocycles. The maximum absolute atomic E-state index is 12.3. The predicted molar refractivity (Wildman–Crippen MR) is 73.7 cm³/mol. The summed E-state index contributed by atoms with van der Waals surface area (Å²) in [6, 6.07) is 5.82. The average molecular weight is 263 g/mol. The number of ether oxygens (including phenoxy) is 2. The van der Waals surface area contributed by atoms with Gasteiger partial charge >= 0.3 is 0 Å². The number of fused-ring (bicyclic) bond motifs is 1. The molecule has 0 aliphatic carbocycles. The quantitative estimate of drug-likeness (QED) is 0.910. The molecule has 0 saturated carbocycles. The zero-order valence-corrected chi connectivity index (χ0v) is 11.9. The summed E-state index contributed by atoms with van der Waals surface area (Å²) in [5, 5.41) is 2.95. The van der Waals surface area contributed by atoms with E-state index in [1.54, 1.807) is 0 Å². The molecule has 1 aromatic rings. The van der Waals surface area contributed by atoms with Crippen LogP contribution in [0.4, 0.5) is 0 Å². The van der Waals surface area contributed by atoms with E-state index in [4.69, 9.17) is 9.47 Å². The first-order valence-corrected chi connectivity index (χ1v) is 6.62. The van der Waals surface area contributed by atoms with Crippen molar-refractivity contribution in [3.8, 4) is 11.5 Å². The fourth-order valence-corrected chi connectivity index (χ4v) is 2.01. The third kappa shape index (κ3) is 2.83. The smallest absolute Gasteiger partial charge is 0.230 e. The summed E-state index contributed by atoms with van der Waals surface area (Å²) in [7, 11) is 0. The number of nitrogens with one attached hydrogen (secondary N) is 1. The summed E-state index contributed by atoms with van der Waals surface area (Å²) in [5.41, 5.74) is 0.329. The number of amides is 1. The van der Waals surface area contributed by atoms with Crippen molar-refractivity contribution in [3.05, 3.63) is 23.8 Å². The van der Waals surface area contributed by atoms with Gasteiger partial charge in [0.15, 0.2) is 11.5 Å². The molecular formula is C15H21NO3. The Morgan fingerprint density at radius 2 is 1.84 bits per heavy atom. The first kappa shape index (κ1) is 13.7. The number of benzene rings is 1. The van der Waals surface area contributed by atoms with Crippen LogP contribution in [-0.4, -0.2) is 25.2 Å². The lowest BCUT2D eigenvalue weighted by molar-refractivity contribution is -0.126. The highest BCUT2D eigenvalue weighted by Gasteiger charge is 2.31. The van der Waals surface area contributed by atoms with Gasteiger partial charge in [-0.15, -0.1) is 0 Å². The summed E-state index contributed by atoms with van der Waals surface area (Å²) in [6.07, 6.45) is 0. The van der Waals surface area contributed by atoms with Crippen LogP contribution in [0.5, 0.6) is 11.5 Å². The molecule has 1 amide bonds. The second-order valence-electron chi connectivity index (χ2n) is 5.61. The molecule has 4 heteroatoms. The Kier molecular flexibility index (Phi) is 3.69. The number of carbonyl (C=O) groups excluding carboxylic acids is 1. The highest BCUT2D eigenvalue weighted by Crippen LogP contribution is 2.35. The maximum Gasteiger partial charge on any atom is 0.230 e. The monoisotopic (exact) mass is 263 g/mol. The van der Waals surface area contributed by atoms with Gasteiger partial charge in [-0.3, -0.25) is 4.79 Å². The normalized spacial score (nSPS) is 14.4. The summed E-state index contributed by atoms with van der Waals surface area (Å²) in [4.78, 5) is 12.3. The molecule has 0 bridgehead atoms. The van der Waals surface area contributed by atoms with E-state index in [0.29, 0.717) is 19.0 Å². The Balaban J connectivity index is 2.27. The third-order valence-electron chi connectivity index (χ3n) is 3.25. The largest absolute Gasteiger partial charge is 0.486 e. The first-order valence-electron chi connectivity index (χ1n) is 6.62. The molecule has 4 nitrogen and oxygen atoms in total. The third-order valence-corrected chi connectivity index (χ3v) is 3.25. The Bertz CT molecular complexity index is 480. The van der Waals surface area contributed by atoms with Crippen LogP contribution < -0.4 is 14.8 Å². The van der Waals surface area contributed by atoms with Crippen molar-refractivity contribution < 1.29 is 14.3 Å². The van der Waals surface area contributed by atoms with Crippen molar-refractivity contribution in [1.29, 1.82) is 0 Å². The summed E-state index contributed by atoms with van der Waals surface area (Å²) >= 11 is 0. The van der Waals surface area contributed by atoms with Crippen LogP contribution in [0.2, 0.25) is 0 Å². The second kappa shape index (κ2) is 5.11. The molecule has 0 radical (unpaired) electrons. The van der Waals surface area contributed by atoms with Crippen molar-refractivity contribution in [1.82, 2.24) is 5.32 Å². The topological polar surface area (TPSA) is 47.6 Å². The Hall–Kier alpha value is -1.71. The number of carbonyl (C=O) groups is 1. The zero-order chi connectivity index (χ0) is 14.0. The fourth-order valence-electron chi connectivity index (χ4n) is 2.01. The fraction of sp³-hybridized carbons (Fsp3) is 0.533. The van der Waals surface area contributed by atoms with Crippen molar-refractivity contribution in [3.63, 3.8) is 0 Å². The van der Waals surface area contributed by atoms with E-state index in [2.05, 4.69) is 5.32 Å². The van der Waals surface area contributed by atoms with Gasteiger partial charge in [-0.05, 0) is 45.4 Å². The van der Waals surface area contributed by atoms with Crippen LogP contribution >= 0.6 is 0 Å². The average Bonchev–Trinajstić information content (AvgIpc) is 2.37. The van der Waals surface area contributed by atoms with Crippen LogP contribution in [0.25, 0.3) is 0 Å². The minimum absolute atomic E-state index is 0.0131. The summed E-state index contributed by atoms with van der Waals surface area (Å²) < 4.78 is 11.1. The lowest BCUT2D eigenvalue weighted by atomic mass is 9.83. The minimum atomic E-state index is -0.597. The van der Waals surface area contributed by atoms with E-state index in [1.807, 2.05) is 45.9 Å². The van der Waals surface area contributed by atoms with Gasteiger partial charge in [-0.2, -0.15) is 0 Å². The van der Waals surface area contributed by atoms with Crippen LogP contribution in [-0.2, 0) is 10.2 Å². The Morgan fingerprint density at radius 1 is 1.21 bits per heavy atom. The molecule has 0 aromatic heterocycles. The van der Waals surface area contributed by atoms with E-state index in [9.17, 15) is 4.79 Å². The molecule has 1 N–H and O–H groups in total. The molecule has 1 aliphatic rings. The van der Waals surface area contributed by atoms with Crippen LogP contribution in [0.3, 0.4) is 0 Å². The molecule has 0 saturated heterocycles. The van der Waals surface area contributed by atoms with E-state index in [0.717, 1.165) is 11.3 Å². The van der Waals surface area contributed by atoms with E-state index < -0.39 is 5.41 Å². The highest BCUT2D eigenvalue weighted by molar-refractivity contribution is 5.87. The standard InChI is InChI=1S/C15H21NO3/c1-10(2)16-14(17)15(3,4)11-5-6-12-13(9-11)19-8-7-18-12/h5-6,9-10H,7-8H2,1-4H3,(H,16,17). The molecule has 0 fully saturated rings. The molecule has 19 heavy (non-hydrogen) atoms. The molecule has 2 rings (SSSR count). The van der Waals surface area contributed by atoms with Gasteiger partial charge < -0.3 is 14.8 Å². The molecule has 1 aliphatic heterocycles. The van der Waals surface area contributed by atoms with Gasteiger partial charge in [-0.1, -0.05) is 6.07 Å². The maximum atomic E-state index is 12.3. The predicted octanol–water partition coefficient (Wildman–Crippen LogP) is 2.26. The Labute approximate surface area is 114 Å². The second-order valence-corrected chi connectivity index (χ2v) is 5.61. The van der Waals surface area contributed by atoms with Crippen molar-refractivity contribution in [2.24, 2.45) is 0 Å². The molecule has 0 spiro atoms. The van der Waals surface area contributed by atoms with E-state index in [-0.39, 0.29) is 11.9 Å². The van der Waals surface area contributed by atoms with Gasteiger partial charge in [0.05, 0.1) is 5.41 Å². The van der Waals surface area contributed by atoms with Crippen molar-refractivity contribution in [2.75, 3.05) is 13.2 Å². The SMILES string of the molecule is CC(C)NC(=O)C(C)(C)c1ccc2c(c1)OCCO2. The first-order chi connectivity index (χ1) is 8.91.